The summed E-state index contributed by atoms with van der Waals surface area (Å²) in [5.41, 5.74) is 14.3. The first-order chi connectivity index (χ1) is 29.7. The number of nitrogens with two attached hydrogens (primary N) is 1. The molecule has 0 aliphatic carbocycles. The highest BCUT2D eigenvalue weighted by Gasteiger charge is 2.33. The van der Waals surface area contributed by atoms with E-state index in [4.69, 9.17) is 15.2 Å². The normalized spacial score (nSPS) is 17.0. The third-order valence-electron chi connectivity index (χ3n) is 11.7. The van der Waals surface area contributed by atoms with E-state index >= 15 is 0 Å². The molecule has 9 nitrogen and oxygen atoms in total. The summed E-state index contributed by atoms with van der Waals surface area (Å²) in [7, 11) is 2.16. The van der Waals surface area contributed by atoms with E-state index in [0.29, 0.717) is 37.2 Å². The minimum atomic E-state index is -0.584. The third kappa shape index (κ3) is 11.9. The number of hydrogen-bond acceptors (Lipinski definition) is 7. The fraction of sp³-hybridized carbons (Fsp3) is 0.308. The van der Waals surface area contributed by atoms with Gasteiger partial charge in [0.1, 0.15) is 0 Å². The molecule has 0 spiro atoms. The number of likely N-dealkylation sites (N-methyl/N-ethyl adjacent to an activating group) is 1. The predicted molar refractivity (Wildman–Crippen MR) is 244 cm³/mol. The zero-order valence-corrected chi connectivity index (χ0v) is 35.3. The molecular formula is C52H58N4O5. The summed E-state index contributed by atoms with van der Waals surface area (Å²) in [6, 6.07) is 47.2. The van der Waals surface area contributed by atoms with E-state index in [-0.39, 0.29) is 36.7 Å². The number of carbonyl (C=O) groups excluding carboxylic acids is 2. The lowest BCUT2D eigenvalue weighted by Crippen LogP contribution is -2.38. The number of rotatable bonds is 18. The largest absolute Gasteiger partial charge is 0.397 e. The molecule has 9 heteroatoms. The second-order valence-electron chi connectivity index (χ2n) is 16.2. The molecule has 316 valence electrons. The Hall–Kier alpha value is -5.84. The summed E-state index contributed by atoms with van der Waals surface area (Å²) in [5.74, 6) is -0.0326. The second-order valence-corrected chi connectivity index (χ2v) is 16.2. The highest BCUT2D eigenvalue weighted by molar-refractivity contribution is 5.93. The number of nitrogens with one attached hydrogen (secondary N) is 2. The Balaban J connectivity index is 0.944. The third-order valence-corrected chi connectivity index (χ3v) is 11.7. The first-order valence-corrected chi connectivity index (χ1v) is 21.5. The molecule has 0 bridgehead atoms. The van der Waals surface area contributed by atoms with Crippen molar-refractivity contribution in [2.45, 2.75) is 89.6 Å². The molecule has 7 rings (SSSR count). The van der Waals surface area contributed by atoms with E-state index in [0.717, 1.165) is 65.6 Å². The second kappa shape index (κ2) is 21.1. The summed E-state index contributed by atoms with van der Waals surface area (Å²) in [6.07, 6.45) is 3.98. The van der Waals surface area contributed by atoms with Gasteiger partial charge < -0.3 is 30.9 Å². The molecular weight excluding hydrogens is 761 g/mol. The van der Waals surface area contributed by atoms with Gasteiger partial charge in [0.05, 0.1) is 30.2 Å². The number of amides is 2. The molecule has 1 aliphatic heterocycles. The molecule has 1 aliphatic rings. The molecule has 0 aromatic heterocycles. The van der Waals surface area contributed by atoms with Crippen molar-refractivity contribution in [2.24, 2.45) is 0 Å². The van der Waals surface area contributed by atoms with Crippen LogP contribution in [0.25, 0.3) is 21.9 Å². The molecule has 4 unspecified atom stereocenters. The molecule has 5 N–H and O–H groups in total. The van der Waals surface area contributed by atoms with Gasteiger partial charge in [-0.25, -0.2) is 0 Å². The molecule has 0 saturated carbocycles. The lowest BCUT2D eigenvalue weighted by Gasteiger charge is -2.39. The van der Waals surface area contributed by atoms with Crippen molar-refractivity contribution >= 4 is 34.0 Å². The summed E-state index contributed by atoms with van der Waals surface area (Å²) < 4.78 is 13.5. The van der Waals surface area contributed by atoms with Crippen LogP contribution >= 0.6 is 0 Å². The average molecular weight is 819 g/mol. The van der Waals surface area contributed by atoms with Crippen LogP contribution in [-0.2, 0) is 32.2 Å². The van der Waals surface area contributed by atoms with Gasteiger partial charge in [-0.1, -0.05) is 122 Å². The molecule has 61 heavy (non-hydrogen) atoms. The van der Waals surface area contributed by atoms with Gasteiger partial charge in [-0.2, -0.15) is 0 Å². The Morgan fingerprint density at radius 1 is 0.721 bits per heavy atom. The minimum absolute atomic E-state index is 0.00502. The number of unbranched alkanes of at least 4 members (excludes halogenated alkanes) is 3. The number of hydrogen-bond donors (Lipinski definition) is 4. The zero-order valence-electron chi connectivity index (χ0n) is 35.3. The molecule has 4 atom stereocenters. The van der Waals surface area contributed by atoms with E-state index in [9.17, 15) is 14.7 Å². The van der Waals surface area contributed by atoms with Gasteiger partial charge >= 0.3 is 0 Å². The fourth-order valence-corrected chi connectivity index (χ4v) is 8.00. The van der Waals surface area contributed by atoms with E-state index < -0.39 is 6.29 Å². The summed E-state index contributed by atoms with van der Waals surface area (Å²) >= 11 is 0. The van der Waals surface area contributed by atoms with Crippen LogP contribution in [0.2, 0.25) is 0 Å². The topological polar surface area (TPSA) is 126 Å². The van der Waals surface area contributed by atoms with Crippen LogP contribution in [0.1, 0.15) is 98.1 Å². The molecule has 2 amide bonds. The van der Waals surface area contributed by atoms with Crippen molar-refractivity contribution in [2.75, 3.05) is 24.6 Å². The Kier molecular flexibility index (Phi) is 15.0. The molecule has 0 radical (unpaired) electrons. The predicted octanol–water partition coefficient (Wildman–Crippen LogP) is 10.4. The molecule has 1 saturated heterocycles. The Labute approximate surface area is 359 Å². The number of para-hydroxylation sites is 2. The lowest BCUT2D eigenvalue weighted by atomic mass is 9.97. The SMILES string of the molecule is CC(c1ccc2ccccc2c1)N(C)CC1CC(c2ccc(CO)cc2)OC(c2cccc(-c3cccc(CNC(=O)CCCCCCC(=O)Nc4ccccc4N)c3)c2)O1. The van der Waals surface area contributed by atoms with Gasteiger partial charge in [-0.15, -0.1) is 0 Å². The zero-order chi connectivity index (χ0) is 42.6. The number of aliphatic hydroxyl groups excluding tert-OH is 1. The van der Waals surface area contributed by atoms with E-state index in [2.05, 4.69) is 102 Å². The van der Waals surface area contributed by atoms with Crippen LogP contribution in [0.3, 0.4) is 0 Å². The molecule has 6 aromatic rings. The highest BCUT2D eigenvalue weighted by Crippen LogP contribution is 2.40. The van der Waals surface area contributed by atoms with Crippen molar-refractivity contribution in [3.05, 3.63) is 167 Å². The van der Waals surface area contributed by atoms with Crippen molar-refractivity contribution in [3.8, 4) is 11.1 Å². The minimum Gasteiger partial charge on any atom is -0.397 e. The number of aliphatic hydroxyl groups is 1. The number of carbonyl (C=O) groups is 2. The van der Waals surface area contributed by atoms with Crippen LogP contribution in [0.5, 0.6) is 0 Å². The van der Waals surface area contributed by atoms with Gasteiger partial charge in [-0.05, 0) is 101 Å². The number of nitrogens with zero attached hydrogens (tertiary/aromatic N) is 1. The standard InChI is InChI=1S/C52H58N4O5/c1-36(41-28-27-39-14-7-8-15-43(39)30-41)56(2)34-46-32-49(40-25-23-37(35-57)24-26-40)61-52(60-46)45-18-12-17-44(31-45)42-16-11-13-38(29-42)33-54-50(58)21-5-3-4-6-22-51(59)55-48-20-10-9-19-47(48)53/h7-20,23-31,36,46,49,52,57H,3-6,21-22,32-35,53H2,1-2H3,(H,54,58)(H,55,59). The number of ether oxygens (including phenoxy) is 2. The van der Waals surface area contributed by atoms with Gasteiger partial charge in [0.25, 0.3) is 0 Å². The molecule has 1 fully saturated rings. The van der Waals surface area contributed by atoms with Gasteiger partial charge in [0.2, 0.25) is 11.8 Å². The van der Waals surface area contributed by atoms with Crippen molar-refractivity contribution in [1.82, 2.24) is 10.2 Å². The molecule has 1 heterocycles. The van der Waals surface area contributed by atoms with Crippen LogP contribution in [0, 0.1) is 0 Å². The van der Waals surface area contributed by atoms with Crippen LogP contribution in [-0.4, -0.2) is 41.5 Å². The van der Waals surface area contributed by atoms with Gasteiger partial charge in [-0.3, -0.25) is 14.5 Å². The highest BCUT2D eigenvalue weighted by atomic mass is 16.7. The maximum atomic E-state index is 12.7. The van der Waals surface area contributed by atoms with E-state index in [1.54, 1.807) is 12.1 Å². The van der Waals surface area contributed by atoms with Gasteiger partial charge in [0.15, 0.2) is 6.29 Å². The number of anilines is 2. The summed E-state index contributed by atoms with van der Waals surface area (Å²) in [5, 5.41) is 18.1. The lowest BCUT2D eigenvalue weighted by molar-refractivity contribution is -0.253. The van der Waals surface area contributed by atoms with Crippen molar-refractivity contribution in [1.29, 1.82) is 0 Å². The first-order valence-electron chi connectivity index (χ1n) is 21.5. The quantitative estimate of drug-likeness (QED) is 0.0503. The van der Waals surface area contributed by atoms with Crippen LogP contribution < -0.4 is 16.4 Å². The smallest absolute Gasteiger partial charge is 0.224 e. The average Bonchev–Trinajstić information content (AvgIpc) is 3.29. The van der Waals surface area contributed by atoms with E-state index in [1.807, 2.05) is 54.6 Å². The monoisotopic (exact) mass is 818 g/mol. The fourth-order valence-electron chi connectivity index (χ4n) is 8.00. The number of nitrogen functional groups attached to an aromatic ring is 1. The van der Waals surface area contributed by atoms with E-state index in [1.165, 1.54) is 16.3 Å². The van der Waals surface area contributed by atoms with Crippen LogP contribution in [0.4, 0.5) is 11.4 Å². The Morgan fingerprint density at radius 2 is 1.43 bits per heavy atom. The summed E-state index contributed by atoms with van der Waals surface area (Å²) in [6.45, 7) is 3.40. The number of benzene rings is 6. The maximum Gasteiger partial charge on any atom is 0.224 e. The Morgan fingerprint density at radius 3 is 2.20 bits per heavy atom. The van der Waals surface area contributed by atoms with Crippen molar-refractivity contribution < 1.29 is 24.2 Å². The molecule has 6 aromatic carbocycles. The van der Waals surface area contributed by atoms with Gasteiger partial charge in [0, 0.05) is 44.0 Å². The van der Waals surface area contributed by atoms with Crippen LogP contribution in [0.15, 0.2) is 140 Å². The Bertz CT molecular complexity index is 2380. The number of fused-ring (bicyclic) bond motifs is 1. The van der Waals surface area contributed by atoms with Crippen molar-refractivity contribution in [3.63, 3.8) is 0 Å². The maximum absolute atomic E-state index is 12.7. The first kappa shape index (κ1) is 43.3. The summed E-state index contributed by atoms with van der Waals surface area (Å²) in [4.78, 5) is 27.4.